The Morgan fingerprint density at radius 1 is 1.80 bits per heavy atom. The minimum absolute atomic E-state index is 0.191. The number of hydrogen-bond acceptors (Lipinski definition) is 5. The Kier molecular flexibility index (Phi) is 4.58. The molecule has 0 unspecified atom stereocenters. The van der Waals surface area contributed by atoms with Crippen molar-refractivity contribution in [2.45, 2.75) is 5.88 Å². The van der Waals surface area contributed by atoms with Crippen molar-refractivity contribution in [3.05, 3.63) is 23.2 Å². The van der Waals surface area contributed by atoms with E-state index < -0.39 is 5.97 Å². The van der Waals surface area contributed by atoms with Crippen LogP contribution in [0, 0.1) is 0 Å². The fourth-order valence-corrected chi connectivity index (χ4v) is 2.11. The van der Waals surface area contributed by atoms with Gasteiger partial charge in [-0.25, -0.2) is 9.78 Å². The van der Waals surface area contributed by atoms with Gasteiger partial charge >= 0.3 is 5.97 Å². The molecule has 0 fully saturated rings. The maximum Gasteiger partial charge on any atom is 0.350 e. The summed E-state index contributed by atoms with van der Waals surface area (Å²) in [6.45, 7) is 4.17. The molecule has 0 aliphatic rings. The summed E-state index contributed by atoms with van der Waals surface area (Å²) < 4.78 is 4.62. The Hall–Kier alpha value is -1.07. The highest BCUT2D eigenvalue weighted by Crippen LogP contribution is 2.24. The zero-order chi connectivity index (χ0) is 11.3. The summed E-state index contributed by atoms with van der Waals surface area (Å²) in [6, 6.07) is 0. The van der Waals surface area contributed by atoms with Crippen LogP contribution in [-0.4, -0.2) is 24.6 Å². The highest BCUT2D eigenvalue weighted by Gasteiger charge is 2.17. The molecule has 0 aliphatic carbocycles. The number of aromatic nitrogens is 1. The molecule has 1 N–H and O–H groups in total. The molecule has 0 spiro atoms. The lowest BCUT2D eigenvalue weighted by Gasteiger charge is -1.94. The monoisotopic (exact) mass is 246 g/mol. The second-order valence-electron chi connectivity index (χ2n) is 2.59. The van der Waals surface area contributed by atoms with E-state index in [1.54, 1.807) is 6.08 Å². The summed E-state index contributed by atoms with van der Waals surface area (Å²) in [4.78, 5) is 15.9. The Balaban J connectivity index is 2.89. The molecule has 0 amide bonds. The molecule has 1 rings (SSSR count). The Morgan fingerprint density at radius 3 is 3.07 bits per heavy atom. The summed E-state index contributed by atoms with van der Waals surface area (Å²) in [5.74, 6) is -0.216. The SMILES string of the molecule is C=CCNc1nc(CCl)c(C(=O)OC)s1. The minimum Gasteiger partial charge on any atom is -0.465 e. The molecule has 0 aliphatic heterocycles. The Bertz CT molecular complexity index is 365. The molecule has 1 aromatic heterocycles. The molecule has 0 aromatic carbocycles. The highest BCUT2D eigenvalue weighted by molar-refractivity contribution is 7.17. The van der Waals surface area contributed by atoms with Gasteiger partial charge in [-0.1, -0.05) is 17.4 Å². The highest BCUT2D eigenvalue weighted by atomic mass is 35.5. The molecule has 0 saturated carbocycles. The summed E-state index contributed by atoms with van der Waals surface area (Å²) in [5, 5.41) is 3.64. The standard InChI is InChI=1S/C9H11ClN2O2S/c1-3-4-11-9-12-6(5-10)7(15-9)8(13)14-2/h3H,1,4-5H2,2H3,(H,11,12). The molecular weight excluding hydrogens is 236 g/mol. The van der Waals surface area contributed by atoms with E-state index in [1.165, 1.54) is 18.4 Å². The molecule has 1 aromatic rings. The van der Waals surface area contributed by atoms with Gasteiger partial charge in [-0.2, -0.15) is 0 Å². The number of methoxy groups -OCH3 is 1. The molecule has 0 saturated heterocycles. The molecule has 0 bridgehead atoms. The van der Waals surface area contributed by atoms with E-state index in [4.69, 9.17) is 11.6 Å². The zero-order valence-corrected chi connectivity index (χ0v) is 9.82. The number of anilines is 1. The van der Waals surface area contributed by atoms with Crippen molar-refractivity contribution in [1.29, 1.82) is 0 Å². The first kappa shape index (κ1) is 12.0. The van der Waals surface area contributed by atoms with Gasteiger partial charge in [0.2, 0.25) is 0 Å². The van der Waals surface area contributed by atoms with Crippen LogP contribution >= 0.6 is 22.9 Å². The normalized spacial score (nSPS) is 9.73. The smallest absolute Gasteiger partial charge is 0.350 e. The van der Waals surface area contributed by atoms with Crippen LogP contribution in [0.3, 0.4) is 0 Å². The van der Waals surface area contributed by atoms with Crippen LogP contribution in [0.4, 0.5) is 5.13 Å². The largest absolute Gasteiger partial charge is 0.465 e. The van der Waals surface area contributed by atoms with Crippen molar-refractivity contribution in [1.82, 2.24) is 4.98 Å². The number of rotatable bonds is 5. The topological polar surface area (TPSA) is 51.2 Å². The summed E-state index contributed by atoms with van der Waals surface area (Å²) in [7, 11) is 1.33. The fourth-order valence-electron chi connectivity index (χ4n) is 0.930. The van der Waals surface area contributed by atoms with E-state index >= 15 is 0 Å². The number of ether oxygens (including phenoxy) is 1. The van der Waals surface area contributed by atoms with Gasteiger partial charge in [-0.3, -0.25) is 0 Å². The third kappa shape index (κ3) is 2.94. The summed E-state index contributed by atoms with van der Waals surface area (Å²) in [6.07, 6.45) is 1.71. The first-order valence-corrected chi connectivity index (χ1v) is 5.56. The number of nitrogens with zero attached hydrogens (tertiary/aromatic N) is 1. The number of alkyl halides is 1. The van der Waals surface area contributed by atoms with Gasteiger partial charge in [0, 0.05) is 6.54 Å². The number of carbonyl (C=O) groups is 1. The zero-order valence-electron chi connectivity index (χ0n) is 8.25. The van der Waals surface area contributed by atoms with Crippen molar-refractivity contribution in [3.8, 4) is 0 Å². The van der Waals surface area contributed by atoms with E-state index in [0.29, 0.717) is 22.2 Å². The molecule has 6 heteroatoms. The van der Waals surface area contributed by atoms with Crippen LogP contribution in [0.15, 0.2) is 12.7 Å². The molecule has 0 atom stereocenters. The van der Waals surface area contributed by atoms with Gasteiger partial charge in [0.05, 0.1) is 18.7 Å². The van der Waals surface area contributed by atoms with Gasteiger partial charge < -0.3 is 10.1 Å². The van der Waals surface area contributed by atoms with Gasteiger partial charge in [-0.15, -0.1) is 18.2 Å². The fraction of sp³-hybridized carbons (Fsp3) is 0.333. The van der Waals surface area contributed by atoms with Crippen LogP contribution in [-0.2, 0) is 10.6 Å². The molecule has 15 heavy (non-hydrogen) atoms. The molecule has 1 heterocycles. The first-order valence-electron chi connectivity index (χ1n) is 4.21. The maximum absolute atomic E-state index is 11.3. The Labute approximate surface area is 96.9 Å². The number of thiazole rings is 1. The number of esters is 1. The molecule has 4 nitrogen and oxygen atoms in total. The van der Waals surface area contributed by atoms with E-state index in [-0.39, 0.29) is 5.88 Å². The van der Waals surface area contributed by atoms with Crippen LogP contribution in [0.5, 0.6) is 0 Å². The number of hydrogen-bond donors (Lipinski definition) is 1. The second-order valence-corrected chi connectivity index (χ2v) is 3.86. The number of halogens is 1. The lowest BCUT2D eigenvalue weighted by atomic mass is 10.4. The maximum atomic E-state index is 11.3. The lowest BCUT2D eigenvalue weighted by molar-refractivity contribution is 0.0605. The van der Waals surface area contributed by atoms with E-state index in [9.17, 15) is 4.79 Å². The van der Waals surface area contributed by atoms with Crippen LogP contribution in [0.25, 0.3) is 0 Å². The van der Waals surface area contributed by atoms with Gasteiger partial charge in [-0.05, 0) is 0 Å². The molecule has 82 valence electrons. The Morgan fingerprint density at radius 2 is 2.53 bits per heavy atom. The summed E-state index contributed by atoms with van der Waals surface area (Å²) in [5.41, 5.74) is 0.542. The van der Waals surface area contributed by atoms with Crippen molar-refractivity contribution >= 4 is 34.0 Å². The third-order valence-electron chi connectivity index (χ3n) is 1.59. The van der Waals surface area contributed by atoms with Crippen LogP contribution < -0.4 is 5.32 Å². The van der Waals surface area contributed by atoms with Crippen molar-refractivity contribution in [3.63, 3.8) is 0 Å². The van der Waals surface area contributed by atoms with Crippen molar-refractivity contribution in [2.24, 2.45) is 0 Å². The number of carbonyl (C=O) groups excluding carboxylic acids is 1. The van der Waals surface area contributed by atoms with E-state index in [2.05, 4.69) is 21.6 Å². The third-order valence-corrected chi connectivity index (χ3v) is 2.88. The van der Waals surface area contributed by atoms with E-state index in [0.717, 1.165) is 0 Å². The van der Waals surface area contributed by atoms with Crippen LogP contribution in [0.1, 0.15) is 15.4 Å². The van der Waals surface area contributed by atoms with Gasteiger partial charge in [0.15, 0.2) is 5.13 Å². The molecular formula is C9H11ClN2O2S. The second kappa shape index (κ2) is 5.72. The summed E-state index contributed by atoms with van der Waals surface area (Å²) >= 11 is 6.90. The predicted molar refractivity (Wildman–Crippen MR) is 61.7 cm³/mol. The first-order chi connectivity index (χ1) is 7.22. The lowest BCUT2D eigenvalue weighted by Crippen LogP contribution is -2.01. The van der Waals surface area contributed by atoms with Gasteiger partial charge in [0.1, 0.15) is 4.88 Å². The molecule has 0 radical (unpaired) electrons. The van der Waals surface area contributed by atoms with Crippen molar-refractivity contribution < 1.29 is 9.53 Å². The van der Waals surface area contributed by atoms with Crippen molar-refractivity contribution in [2.75, 3.05) is 19.0 Å². The average molecular weight is 247 g/mol. The van der Waals surface area contributed by atoms with E-state index in [1.807, 2.05) is 0 Å². The van der Waals surface area contributed by atoms with Gasteiger partial charge in [0.25, 0.3) is 0 Å². The van der Waals surface area contributed by atoms with Crippen LogP contribution in [0.2, 0.25) is 0 Å². The quantitative estimate of drug-likeness (QED) is 0.492. The average Bonchev–Trinajstić information content (AvgIpc) is 2.68. The predicted octanol–water partition coefficient (Wildman–Crippen LogP) is 2.27. The minimum atomic E-state index is -0.408. The number of nitrogens with one attached hydrogen (secondary N) is 1.